The van der Waals surface area contributed by atoms with E-state index in [0.717, 1.165) is 23.6 Å². The Hall–Kier alpha value is -1.17. The van der Waals surface area contributed by atoms with Crippen LogP contribution in [-0.2, 0) is 4.79 Å². The van der Waals surface area contributed by atoms with Crippen LogP contribution in [0.4, 0.5) is 0 Å². The molecular formula is C17H20N2OS2. The number of amides is 1. The van der Waals surface area contributed by atoms with Gasteiger partial charge in [-0.2, -0.15) is 0 Å². The molecule has 1 amide bonds. The molecule has 5 heteroatoms. The predicted octanol–water partition coefficient (Wildman–Crippen LogP) is 3.64. The summed E-state index contributed by atoms with van der Waals surface area (Å²) in [5, 5.41) is 0. The molecule has 1 aromatic carbocycles. The second-order valence-corrected chi connectivity index (χ2v) is 7.46. The van der Waals surface area contributed by atoms with Crippen molar-refractivity contribution in [1.82, 2.24) is 9.80 Å². The molecule has 2 saturated heterocycles. The Labute approximate surface area is 141 Å². The van der Waals surface area contributed by atoms with E-state index in [2.05, 4.69) is 17.9 Å². The minimum atomic E-state index is 0.0452. The van der Waals surface area contributed by atoms with Gasteiger partial charge in [-0.1, -0.05) is 54.7 Å². The summed E-state index contributed by atoms with van der Waals surface area (Å²) in [6.07, 6.45) is 5.69. The van der Waals surface area contributed by atoms with Gasteiger partial charge in [-0.05, 0) is 50.1 Å². The standard InChI is InChI=1S/C17H20N2OS2/c1-13-7-3-4-8-14(13)11-15-16(20)19(17(21)22-15)12-18-9-5-2-6-10-18/h3-4,7-8,11H,2,5-6,9-10,12H2,1H3. The molecule has 0 spiro atoms. The Morgan fingerprint density at radius 3 is 2.68 bits per heavy atom. The average molecular weight is 332 g/mol. The molecule has 2 aliphatic heterocycles. The molecule has 0 bridgehead atoms. The van der Waals surface area contributed by atoms with E-state index < -0.39 is 0 Å². The summed E-state index contributed by atoms with van der Waals surface area (Å²) in [5.74, 6) is 0.0452. The monoisotopic (exact) mass is 332 g/mol. The highest BCUT2D eigenvalue weighted by Gasteiger charge is 2.33. The van der Waals surface area contributed by atoms with E-state index in [-0.39, 0.29) is 5.91 Å². The van der Waals surface area contributed by atoms with Gasteiger partial charge in [0, 0.05) is 0 Å². The third kappa shape index (κ3) is 3.42. The predicted molar refractivity (Wildman–Crippen MR) is 96.5 cm³/mol. The van der Waals surface area contributed by atoms with Gasteiger partial charge in [0.1, 0.15) is 4.32 Å². The normalized spacial score (nSPS) is 21.9. The summed E-state index contributed by atoms with van der Waals surface area (Å²) in [4.78, 5) is 17.4. The summed E-state index contributed by atoms with van der Waals surface area (Å²) in [6.45, 7) is 4.82. The number of likely N-dealkylation sites (tertiary alicyclic amines) is 1. The number of hydrogen-bond donors (Lipinski definition) is 0. The molecule has 0 aliphatic carbocycles. The van der Waals surface area contributed by atoms with Gasteiger partial charge in [-0.3, -0.25) is 14.6 Å². The topological polar surface area (TPSA) is 23.6 Å². The molecule has 22 heavy (non-hydrogen) atoms. The van der Waals surface area contributed by atoms with Crippen molar-refractivity contribution in [3.63, 3.8) is 0 Å². The molecule has 0 saturated carbocycles. The second-order valence-electron chi connectivity index (χ2n) is 5.79. The first-order valence-electron chi connectivity index (χ1n) is 7.68. The first-order chi connectivity index (χ1) is 10.6. The van der Waals surface area contributed by atoms with Crippen LogP contribution in [0, 0.1) is 6.92 Å². The molecule has 1 aromatic rings. The molecule has 0 radical (unpaired) electrons. The Morgan fingerprint density at radius 2 is 1.95 bits per heavy atom. The molecule has 3 rings (SSSR count). The van der Waals surface area contributed by atoms with Crippen LogP contribution in [0.15, 0.2) is 29.2 Å². The van der Waals surface area contributed by atoms with Crippen molar-refractivity contribution in [3.05, 3.63) is 40.3 Å². The number of thiocarbonyl (C=S) groups is 1. The quantitative estimate of drug-likeness (QED) is 0.623. The van der Waals surface area contributed by atoms with E-state index in [1.807, 2.05) is 24.3 Å². The number of carbonyl (C=O) groups excluding carboxylic acids is 1. The first kappa shape index (κ1) is 15.7. The molecule has 116 valence electrons. The number of aryl methyl sites for hydroxylation is 1. The first-order valence-corrected chi connectivity index (χ1v) is 8.91. The summed E-state index contributed by atoms with van der Waals surface area (Å²) in [7, 11) is 0. The number of piperidine rings is 1. The Kier molecular flexibility index (Phi) is 4.96. The second kappa shape index (κ2) is 6.94. The van der Waals surface area contributed by atoms with E-state index in [4.69, 9.17) is 12.2 Å². The zero-order valence-electron chi connectivity index (χ0n) is 12.7. The zero-order chi connectivity index (χ0) is 15.5. The minimum Gasteiger partial charge on any atom is -0.286 e. The molecule has 2 fully saturated rings. The van der Waals surface area contributed by atoms with E-state index in [1.54, 1.807) is 4.90 Å². The largest absolute Gasteiger partial charge is 0.286 e. The number of rotatable bonds is 3. The fraction of sp³-hybridized carbons (Fsp3) is 0.412. The highest BCUT2D eigenvalue weighted by atomic mass is 32.2. The smallest absolute Gasteiger partial charge is 0.267 e. The zero-order valence-corrected chi connectivity index (χ0v) is 14.4. The lowest BCUT2D eigenvalue weighted by Crippen LogP contribution is -2.42. The van der Waals surface area contributed by atoms with Crippen LogP contribution in [0.1, 0.15) is 30.4 Å². The lowest BCUT2D eigenvalue weighted by Gasteiger charge is -2.29. The fourth-order valence-corrected chi connectivity index (χ4v) is 4.05. The van der Waals surface area contributed by atoms with Crippen molar-refractivity contribution in [2.24, 2.45) is 0 Å². The summed E-state index contributed by atoms with van der Waals surface area (Å²) in [5.41, 5.74) is 2.25. The molecule has 2 heterocycles. The lowest BCUT2D eigenvalue weighted by atomic mass is 10.1. The molecular weight excluding hydrogens is 312 g/mol. The number of benzene rings is 1. The molecule has 0 aromatic heterocycles. The van der Waals surface area contributed by atoms with Gasteiger partial charge in [-0.15, -0.1) is 0 Å². The van der Waals surface area contributed by atoms with Gasteiger partial charge in [0.2, 0.25) is 0 Å². The van der Waals surface area contributed by atoms with E-state index in [0.29, 0.717) is 11.0 Å². The third-order valence-corrected chi connectivity index (χ3v) is 5.52. The third-order valence-electron chi connectivity index (χ3n) is 4.14. The van der Waals surface area contributed by atoms with E-state index >= 15 is 0 Å². The van der Waals surface area contributed by atoms with Crippen molar-refractivity contribution in [2.45, 2.75) is 26.2 Å². The van der Waals surface area contributed by atoms with Gasteiger partial charge in [0.25, 0.3) is 5.91 Å². The van der Waals surface area contributed by atoms with Gasteiger partial charge >= 0.3 is 0 Å². The van der Waals surface area contributed by atoms with Gasteiger partial charge in [0.05, 0.1) is 11.6 Å². The van der Waals surface area contributed by atoms with Crippen molar-refractivity contribution < 1.29 is 4.79 Å². The van der Waals surface area contributed by atoms with Crippen LogP contribution in [0.5, 0.6) is 0 Å². The molecule has 2 aliphatic rings. The number of carbonyl (C=O) groups is 1. The van der Waals surface area contributed by atoms with Gasteiger partial charge < -0.3 is 0 Å². The maximum Gasteiger partial charge on any atom is 0.267 e. The summed E-state index contributed by atoms with van der Waals surface area (Å²) < 4.78 is 0.676. The maximum atomic E-state index is 12.6. The Morgan fingerprint density at radius 1 is 1.23 bits per heavy atom. The highest BCUT2D eigenvalue weighted by Crippen LogP contribution is 2.33. The number of hydrogen-bond acceptors (Lipinski definition) is 4. The fourth-order valence-electron chi connectivity index (χ4n) is 2.81. The van der Waals surface area contributed by atoms with Crippen molar-refractivity contribution in [3.8, 4) is 0 Å². The van der Waals surface area contributed by atoms with Gasteiger partial charge in [0.15, 0.2) is 0 Å². The molecule has 3 nitrogen and oxygen atoms in total. The highest BCUT2D eigenvalue weighted by molar-refractivity contribution is 8.26. The van der Waals surface area contributed by atoms with Crippen LogP contribution in [0.3, 0.4) is 0 Å². The Balaban J connectivity index is 1.75. The van der Waals surface area contributed by atoms with Crippen molar-refractivity contribution in [2.75, 3.05) is 19.8 Å². The van der Waals surface area contributed by atoms with E-state index in [1.165, 1.54) is 36.6 Å². The molecule has 0 N–H and O–H groups in total. The SMILES string of the molecule is Cc1ccccc1C=C1SC(=S)N(CN2CCCCC2)C1=O. The van der Waals surface area contributed by atoms with Crippen LogP contribution in [0.25, 0.3) is 6.08 Å². The minimum absolute atomic E-state index is 0.0452. The van der Waals surface area contributed by atoms with Crippen LogP contribution in [0.2, 0.25) is 0 Å². The maximum absolute atomic E-state index is 12.6. The average Bonchev–Trinajstić information content (AvgIpc) is 2.78. The van der Waals surface area contributed by atoms with Crippen molar-refractivity contribution in [1.29, 1.82) is 0 Å². The van der Waals surface area contributed by atoms with Crippen LogP contribution >= 0.6 is 24.0 Å². The Bertz CT molecular complexity index is 621. The summed E-state index contributed by atoms with van der Waals surface area (Å²) >= 11 is 6.83. The number of thioether (sulfide) groups is 1. The van der Waals surface area contributed by atoms with Crippen molar-refractivity contribution >= 4 is 40.3 Å². The van der Waals surface area contributed by atoms with E-state index in [9.17, 15) is 4.79 Å². The number of nitrogens with zero attached hydrogens (tertiary/aromatic N) is 2. The van der Waals surface area contributed by atoms with Crippen LogP contribution < -0.4 is 0 Å². The molecule has 0 unspecified atom stereocenters. The van der Waals surface area contributed by atoms with Crippen LogP contribution in [-0.4, -0.2) is 39.8 Å². The lowest BCUT2D eigenvalue weighted by molar-refractivity contribution is -0.123. The van der Waals surface area contributed by atoms with Gasteiger partial charge in [-0.25, -0.2) is 0 Å². The molecule has 0 atom stereocenters. The summed E-state index contributed by atoms with van der Waals surface area (Å²) in [6, 6.07) is 8.09.